The van der Waals surface area contributed by atoms with Crippen LogP contribution < -0.4 is 5.73 Å². The summed E-state index contributed by atoms with van der Waals surface area (Å²) in [4.78, 5) is 2.19. The summed E-state index contributed by atoms with van der Waals surface area (Å²) >= 11 is 0. The molecule has 1 aliphatic heterocycles. The van der Waals surface area contributed by atoms with Gasteiger partial charge in [0, 0.05) is 26.7 Å². The van der Waals surface area contributed by atoms with Crippen molar-refractivity contribution in [2.75, 3.05) is 44.8 Å². The fourth-order valence-electron chi connectivity index (χ4n) is 1.87. The van der Waals surface area contributed by atoms with E-state index >= 15 is 0 Å². The molecule has 1 heterocycles. The lowest BCUT2D eigenvalue weighted by atomic mass is 10.2. The Morgan fingerprint density at radius 2 is 2.12 bits per heavy atom. The first kappa shape index (κ1) is 13.9. The summed E-state index contributed by atoms with van der Waals surface area (Å²) in [6.07, 6.45) is 1.69. The van der Waals surface area contributed by atoms with Gasteiger partial charge in [0.2, 0.25) is 0 Å². The highest BCUT2D eigenvalue weighted by molar-refractivity contribution is 7.91. The zero-order chi connectivity index (χ0) is 12.0. The molecule has 96 valence electrons. The molecule has 0 aliphatic carbocycles. The van der Waals surface area contributed by atoms with Crippen LogP contribution in [0.2, 0.25) is 0 Å². The summed E-state index contributed by atoms with van der Waals surface area (Å²) in [5.74, 6) is 0.612. The van der Waals surface area contributed by atoms with Crippen molar-refractivity contribution in [1.82, 2.24) is 4.90 Å². The van der Waals surface area contributed by atoms with Gasteiger partial charge in [-0.1, -0.05) is 0 Å². The van der Waals surface area contributed by atoms with Gasteiger partial charge in [-0.05, 0) is 19.4 Å². The Labute approximate surface area is 97.9 Å². The van der Waals surface area contributed by atoms with Gasteiger partial charge >= 0.3 is 0 Å². The molecule has 0 aromatic carbocycles. The maximum atomic E-state index is 11.4. The third-order valence-electron chi connectivity index (χ3n) is 3.01. The number of hydrogen-bond donors (Lipinski definition) is 1. The lowest BCUT2D eigenvalue weighted by molar-refractivity contribution is 0.0904. The summed E-state index contributed by atoms with van der Waals surface area (Å²) < 4.78 is 28.0. The number of methoxy groups -OCH3 is 1. The minimum Gasteiger partial charge on any atom is -0.380 e. The summed E-state index contributed by atoms with van der Waals surface area (Å²) in [7, 11) is -1.14. The molecular formula is C10H22N2O3S. The minimum atomic E-state index is -2.80. The molecule has 1 atom stereocenters. The van der Waals surface area contributed by atoms with Gasteiger partial charge in [0.1, 0.15) is 0 Å². The average molecular weight is 250 g/mol. The molecule has 0 saturated carbocycles. The first-order chi connectivity index (χ1) is 7.57. The first-order valence-corrected chi connectivity index (χ1v) is 7.55. The molecule has 0 bridgehead atoms. The van der Waals surface area contributed by atoms with E-state index in [1.54, 1.807) is 7.11 Å². The summed E-state index contributed by atoms with van der Waals surface area (Å²) in [6.45, 7) is 2.89. The topological polar surface area (TPSA) is 72.6 Å². The van der Waals surface area contributed by atoms with E-state index in [4.69, 9.17) is 10.5 Å². The van der Waals surface area contributed by atoms with E-state index in [0.29, 0.717) is 18.8 Å². The predicted molar refractivity (Wildman–Crippen MR) is 64.2 cm³/mol. The van der Waals surface area contributed by atoms with E-state index < -0.39 is 9.84 Å². The van der Waals surface area contributed by atoms with Gasteiger partial charge in [-0.25, -0.2) is 8.42 Å². The standard InChI is InChI=1S/C10H22N2O3S/c1-15-10(9-11)3-5-12-4-2-7-16(13,14)8-6-12/h10H,2-9,11H2,1H3. The highest BCUT2D eigenvalue weighted by Crippen LogP contribution is 2.06. The number of rotatable bonds is 5. The van der Waals surface area contributed by atoms with Crippen molar-refractivity contribution in [3.63, 3.8) is 0 Å². The monoisotopic (exact) mass is 250 g/mol. The summed E-state index contributed by atoms with van der Waals surface area (Å²) in [6, 6.07) is 0. The van der Waals surface area contributed by atoms with E-state index in [1.165, 1.54) is 0 Å². The Morgan fingerprint density at radius 3 is 2.75 bits per heavy atom. The smallest absolute Gasteiger partial charge is 0.151 e. The Morgan fingerprint density at radius 1 is 1.38 bits per heavy atom. The van der Waals surface area contributed by atoms with Crippen LogP contribution in [0.3, 0.4) is 0 Å². The maximum Gasteiger partial charge on any atom is 0.151 e. The Bertz CT molecular complexity index is 288. The quantitative estimate of drug-likeness (QED) is 0.710. The van der Waals surface area contributed by atoms with Crippen LogP contribution in [-0.2, 0) is 14.6 Å². The molecule has 1 aliphatic rings. The summed E-state index contributed by atoms with van der Waals surface area (Å²) in [5, 5.41) is 0. The molecule has 0 aromatic rings. The molecule has 2 N–H and O–H groups in total. The Balaban J connectivity index is 2.33. The van der Waals surface area contributed by atoms with Gasteiger partial charge in [-0.3, -0.25) is 0 Å². The lowest BCUT2D eigenvalue weighted by Gasteiger charge is -2.21. The van der Waals surface area contributed by atoms with Crippen LogP contribution >= 0.6 is 0 Å². The van der Waals surface area contributed by atoms with Crippen molar-refractivity contribution in [3.8, 4) is 0 Å². The molecule has 1 saturated heterocycles. The van der Waals surface area contributed by atoms with Crippen LogP contribution in [0.4, 0.5) is 0 Å². The van der Waals surface area contributed by atoms with E-state index in [2.05, 4.69) is 4.90 Å². The highest BCUT2D eigenvalue weighted by Gasteiger charge is 2.19. The van der Waals surface area contributed by atoms with E-state index in [-0.39, 0.29) is 11.9 Å². The first-order valence-electron chi connectivity index (χ1n) is 5.73. The fraction of sp³-hybridized carbons (Fsp3) is 1.00. The maximum absolute atomic E-state index is 11.4. The van der Waals surface area contributed by atoms with Crippen molar-refractivity contribution < 1.29 is 13.2 Å². The van der Waals surface area contributed by atoms with Crippen LogP contribution in [-0.4, -0.2) is 64.2 Å². The lowest BCUT2D eigenvalue weighted by Crippen LogP contribution is -2.33. The minimum absolute atomic E-state index is 0.0832. The highest BCUT2D eigenvalue weighted by atomic mass is 32.2. The molecule has 0 radical (unpaired) electrons. The van der Waals surface area contributed by atoms with Crippen molar-refractivity contribution in [2.45, 2.75) is 18.9 Å². The second-order valence-electron chi connectivity index (χ2n) is 4.23. The van der Waals surface area contributed by atoms with Crippen LogP contribution in [0.5, 0.6) is 0 Å². The van der Waals surface area contributed by atoms with Gasteiger partial charge < -0.3 is 15.4 Å². The van der Waals surface area contributed by atoms with Crippen LogP contribution in [0.1, 0.15) is 12.8 Å². The van der Waals surface area contributed by atoms with E-state index in [0.717, 1.165) is 25.9 Å². The van der Waals surface area contributed by atoms with Gasteiger partial charge in [0.15, 0.2) is 9.84 Å². The Hall–Kier alpha value is -0.170. The predicted octanol–water partition coefficient (Wildman–Crippen LogP) is -0.529. The average Bonchev–Trinajstić information content (AvgIpc) is 2.41. The van der Waals surface area contributed by atoms with E-state index in [1.807, 2.05) is 0 Å². The zero-order valence-electron chi connectivity index (χ0n) is 9.89. The molecule has 0 amide bonds. The SMILES string of the molecule is COC(CN)CCN1CCCS(=O)(=O)CC1. The number of sulfone groups is 1. The molecule has 5 nitrogen and oxygen atoms in total. The second kappa shape index (κ2) is 6.54. The molecule has 0 aromatic heterocycles. The van der Waals surface area contributed by atoms with Crippen molar-refractivity contribution in [3.05, 3.63) is 0 Å². The van der Waals surface area contributed by atoms with Gasteiger partial charge in [-0.15, -0.1) is 0 Å². The second-order valence-corrected chi connectivity index (χ2v) is 6.53. The van der Waals surface area contributed by atoms with Gasteiger partial charge in [0.05, 0.1) is 17.6 Å². The van der Waals surface area contributed by atoms with Crippen LogP contribution in [0.15, 0.2) is 0 Å². The molecule has 1 fully saturated rings. The number of nitrogens with two attached hydrogens (primary N) is 1. The summed E-state index contributed by atoms with van der Waals surface area (Å²) in [5.41, 5.74) is 5.53. The number of ether oxygens (including phenoxy) is 1. The normalized spacial score (nSPS) is 23.9. The number of hydrogen-bond acceptors (Lipinski definition) is 5. The largest absolute Gasteiger partial charge is 0.380 e. The van der Waals surface area contributed by atoms with Crippen LogP contribution in [0, 0.1) is 0 Å². The zero-order valence-corrected chi connectivity index (χ0v) is 10.7. The molecule has 16 heavy (non-hydrogen) atoms. The third-order valence-corrected chi connectivity index (χ3v) is 4.73. The molecule has 1 rings (SSSR count). The van der Waals surface area contributed by atoms with Crippen molar-refractivity contribution >= 4 is 9.84 Å². The van der Waals surface area contributed by atoms with Crippen LogP contribution in [0.25, 0.3) is 0 Å². The molecule has 1 unspecified atom stereocenters. The van der Waals surface area contributed by atoms with Crippen molar-refractivity contribution in [2.24, 2.45) is 5.73 Å². The molecule has 6 heteroatoms. The fourth-order valence-corrected chi connectivity index (χ4v) is 3.18. The van der Waals surface area contributed by atoms with Gasteiger partial charge in [0.25, 0.3) is 0 Å². The third kappa shape index (κ3) is 4.78. The number of nitrogens with zero attached hydrogens (tertiary/aromatic N) is 1. The van der Waals surface area contributed by atoms with E-state index in [9.17, 15) is 8.42 Å². The van der Waals surface area contributed by atoms with Gasteiger partial charge in [-0.2, -0.15) is 0 Å². The molecular weight excluding hydrogens is 228 g/mol. The Kier molecular flexibility index (Phi) is 5.68. The van der Waals surface area contributed by atoms with Crippen molar-refractivity contribution in [1.29, 1.82) is 0 Å². The molecule has 0 spiro atoms.